The van der Waals surface area contributed by atoms with Crippen molar-refractivity contribution in [2.75, 3.05) is 0 Å². The maximum atomic E-state index is 12.6. The third-order valence-electron chi connectivity index (χ3n) is 5.99. The Morgan fingerprint density at radius 1 is 0.879 bits per heavy atom. The number of nitrogens with zero attached hydrogens (tertiary/aromatic N) is 2. The van der Waals surface area contributed by atoms with E-state index in [1.165, 1.54) is 4.68 Å². The average Bonchev–Trinajstić information content (AvgIpc) is 2.85. The number of carbonyl (C=O) groups is 1. The fourth-order valence-corrected chi connectivity index (χ4v) is 4.04. The second-order valence-corrected chi connectivity index (χ2v) is 8.16. The lowest BCUT2D eigenvalue weighted by atomic mass is 9.93. The molecule has 6 nitrogen and oxygen atoms in total. The molecule has 4 rings (SSSR count). The van der Waals surface area contributed by atoms with Crippen LogP contribution in [0.5, 0.6) is 0 Å². The highest BCUT2D eigenvalue weighted by atomic mass is 16.4. The Hall–Kier alpha value is -3.77. The predicted octanol–water partition coefficient (Wildman–Crippen LogP) is 4.15. The van der Waals surface area contributed by atoms with Gasteiger partial charge in [0.05, 0.1) is 23.6 Å². The Labute approximate surface area is 191 Å². The number of rotatable bonds is 9. The number of hydrogen-bond acceptors (Lipinski definition) is 4. The van der Waals surface area contributed by atoms with E-state index in [1.54, 1.807) is 18.3 Å². The molecule has 0 spiro atoms. The van der Waals surface area contributed by atoms with E-state index in [9.17, 15) is 19.8 Å². The van der Waals surface area contributed by atoms with Crippen LogP contribution in [-0.4, -0.2) is 32.1 Å². The van der Waals surface area contributed by atoms with Crippen molar-refractivity contribution in [3.8, 4) is 11.1 Å². The van der Waals surface area contributed by atoms with Gasteiger partial charge in [-0.05, 0) is 42.0 Å². The molecular formula is C27H26N2O4. The zero-order chi connectivity index (χ0) is 23.2. The molecule has 33 heavy (non-hydrogen) atoms. The van der Waals surface area contributed by atoms with Crippen LogP contribution in [-0.2, 0) is 17.8 Å². The third kappa shape index (κ3) is 5.35. The van der Waals surface area contributed by atoms with Crippen LogP contribution in [0.4, 0.5) is 0 Å². The third-order valence-corrected chi connectivity index (χ3v) is 5.99. The van der Waals surface area contributed by atoms with Gasteiger partial charge in [-0.25, -0.2) is 4.68 Å². The Balaban J connectivity index is 1.37. The predicted molar refractivity (Wildman–Crippen MR) is 128 cm³/mol. The van der Waals surface area contributed by atoms with E-state index in [0.717, 1.165) is 22.1 Å². The Morgan fingerprint density at radius 2 is 1.55 bits per heavy atom. The van der Waals surface area contributed by atoms with Crippen LogP contribution in [0.3, 0.4) is 0 Å². The van der Waals surface area contributed by atoms with E-state index in [4.69, 9.17) is 0 Å². The first-order chi connectivity index (χ1) is 16.0. The topological polar surface area (TPSA) is 92.4 Å². The second kappa shape index (κ2) is 10.2. The van der Waals surface area contributed by atoms with Crippen LogP contribution in [0.1, 0.15) is 18.4 Å². The van der Waals surface area contributed by atoms with Gasteiger partial charge in [0, 0.05) is 11.9 Å². The molecule has 168 valence electrons. The molecule has 1 heterocycles. The van der Waals surface area contributed by atoms with Crippen molar-refractivity contribution in [2.45, 2.75) is 31.9 Å². The highest BCUT2D eigenvalue weighted by molar-refractivity contribution is 5.80. The summed E-state index contributed by atoms with van der Waals surface area (Å²) in [5.74, 6) is -2.05. The molecule has 0 radical (unpaired) electrons. The summed E-state index contributed by atoms with van der Waals surface area (Å²) in [6.07, 6.45) is 1.58. The molecule has 0 aliphatic heterocycles. The van der Waals surface area contributed by atoms with Crippen molar-refractivity contribution >= 4 is 16.7 Å². The standard InChI is InChI=1S/C27H26N2O4/c30-25(15-12-19-10-13-21(14-11-19)20-6-2-1-3-7-20)24(27(32)33)16-17-29-26(31)23-9-5-4-8-22(23)18-28-29/h1-11,13-14,18,24-25,30H,12,15-17H2,(H,32,33). The highest BCUT2D eigenvalue weighted by Gasteiger charge is 2.26. The van der Waals surface area contributed by atoms with E-state index < -0.39 is 18.0 Å². The van der Waals surface area contributed by atoms with Crippen LogP contribution in [0.2, 0.25) is 0 Å². The molecule has 0 fully saturated rings. The molecule has 0 saturated heterocycles. The summed E-state index contributed by atoms with van der Waals surface area (Å²) in [5.41, 5.74) is 3.01. The first-order valence-corrected chi connectivity index (χ1v) is 11.0. The van der Waals surface area contributed by atoms with Crippen molar-refractivity contribution < 1.29 is 15.0 Å². The number of aliphatic hydroxyl groups is 1. The van der Waals surface area contributed by atoms with Crippen LogP contribution in [0, 0.1) is 5.92 Å². The molecule has 6 heteroatoms. The first kappa shape index (κ1) is 22.4. The van der Waals surface area contributed by atoms with Crippen molar-refractivity contribution in [3.05, 3.63) is 101 Å². The van der Waals surface area contributed by atoms with Gasteiger partial charge in [-0.2, -0.15) is 5.10 Å². The normalized spacial score (nSPS) is 13.0. The molecule has 0 amide bonds. The summed E-state index contributed by atoms with van der Waals surface area (Å²) >= 11 is 0. The molecule has 1 aromatic heterocycles. The van der Waals surface area contributed by atoms with Crippen LogP contribution in [0.15, 0.2) is 89.9 Å². The van der Waals surface area contributed by atoms with Crippen molar-refractivity contribution in [3.63, 3.8) is 0 Å². The minimum Gasteiger partial charge on any atom is -0.481 e. The first-order valence-electron chi connectivity index (χ1n) is 11.0. The van der Waals surface area contributed by atoms with Gasteiger partial charge >= 0.3 is 5.97 Å². The largest absolute Gasteiger partial charge is 0.481 e. The van der Waals surface area contributed by atoms with Gasteiger partial charge in [0.1, 0.15) is 0 Å². The molecule has 0 aliphatic rings. The highest BCUT2D eigenvalue weighted by Crippen LogP contribution is 2.21. The molecule has 2 atom stereocenters. The number of aliphatic hydroxyl groups excluding tert-OH is 1. The fraction of sp³-hybridized carbons (Fsp3) is 0.222. The Kier molecular flexibility index (Phi) is 6.95. The lowest BCUT2D eigenvalue weighted by Crippen LogP contribution is -2.32. The minimum absolute atomic E-state index is 0.120. The summed E-state index contributed by atoms with van der Waals surface area (Å²) in [4.78, 5) is 24.4. The molecule has 4 aromatic rings. The Morgan fingerprint density at radius 3 is 2.27 bits per heavy atom. The van der Waals surface area contributed by atoms with Crippen molar-refractivity contribution in [1.82, 2.24) is 9.78 Å². The monoisotopic (exact) mass is 442 g/mol. The number of aliphatic carboxylic acids is 1. The van der Waals surface area contributed by atoms with Crippen LogP contribution in [0.25, 0.3) is 21.9 Å². The molecule has 0 saturated carbocycles. The van der Waals surface area contributed by atoms with Crippen LogP contribution >= 0.6 is 0 Å². The van der Waals surface area contributed by atoms with Gasteiger partial charge in [0.2, 0.25) is 0 Å². The number of carboxylic acid groups (broad SMARTS) is 1. The van der Waals surface area contributed by atoms with Gasteiger partial charge in [0.25, 0.3) is 5.56 Å². The van der Waals surface area contributed by atoms with E-state index >= 15 is 0 Å². The van der Waals surface area contributed by atoms with E-state index in [0.29, 0.717) is 18.2 Å². The van der Waals surface area contributed by atoms with E-state index in [2.05, 4.69) is 5.10 Å². The van der Waals surface area contributed by atoms with Gasteiger partial charge in [0.15, 0.2) is 0 Å². The van der Waals surface area contributed by atoms with Gasteiger partial charge < -0.3 is 10.2 Å². The number of aryl methyl sites for hydroxylation is 2. The van der Waals surface area contributed by atoms with Crippen molar-refractivity contribution in [1.29, 1.82) is 0 Å². The SMILES string of the molecule is O=C(O)C(CCn1ncc2ccccc2c1=O)C(O)CCc1ccc(-c2ccccc2)cc1. The van der Waals surface area contributed by atoms with Crippen LogP contribution < -0.4 is 5.56 Å². The zero-order valence-corrected chi connectivity index (χ0v) is 18.2. The second-order valence-electron chi connectivity index (χ2n) is 8.16. The van der Waals surface area contributed by atoms with Crippen molar-refractivity contribution in [2.24, 2.45) is 5.92 Å². The summed E-state index contributed by atoms with van der Waals surface area (Å²) < 4.78 is 1.27. The van der Waals surface area contributed by atoms with E-state index in [-0.39, 0.29) is 18.5 Å². The van der Waals surface area contributed by atoms with E-state index in [1.807, 2.05) is 66.7 Å². The van der Waals surface area contributed by atoms with Gasteiger partial charge in [-0.1, -0.05) is 72.8 Å². The zero-order valence-electron chi connectivity index (χ0n) is 18.2. The molecule has 0 aliphatic carbocycles. The quantitative estimate of drug-likeness (QED) is 0.406. The number of benzene rings is 3. The summed E-state index contributed by atoms with van der Waals surface area (Å²) in [6.45, 7) is 0.128. The lowest BCUT2D eigenvalue weighted by Gasteiger charge is -2.19. The van der Waals surface area contributed by atoms with Gasteiger partial charge in [-0.3, -0.25) is 9.59 Å². The summed E-state index contributed by atoms with van der Waals surface area (Å²) in [5, 5.41) is 25.7. The maximum Gasteiger partial charge on any atom is 0.309 e. The minimum atomic E-state index is -1.07. The molecule has 0 bridgehead atoms. The number of aromatic nitrogens is 2. The lowest BCUT2D eigenvalue weighted by molar-refractivity contribution is -0.146. The smallest absolute Gasteiger partial charge is 0.309 e. The molecule has 2 unspecified atom stereocenters. The Bertz CT molecular complexity index is 1280. The molecular weight excluding hydrogens is 416 g/mol. The number of fused-ring (bicyclic) bond motifs is 1. The molecule has 2 N–H and O–H groups in total. The summed E-state index contributed by atoms with van der Waals surface area (Å²) in [7, 11) is 0. The van der Waals surface area contributed by atoms with Gasteiger partial charge in [-0.15, -0.1) is 0 Å². The molecule has 3 aromatic carbocycles. The summed E-state index contributed by atoms with van der Waals surface area (Å²) in [6, 6.07) is 25.3. The number of carboxylic acids is 1. The number of hydrogen-bond donors (Lipinski definition) is 2. The average molecular weight is 443 g/mol. The fourth-order valence-electron chi connectivity index (χ4n) is 4.04. The maximum absolute atomic E-state index is 12.6.